The molecule has 0 saturated heterocycles. The molecule has 1 amide bonds. The third-order valence-electron chi connectivity index (χ3n) is 3.33. The number of carbonyl (C=O) groups excluding carboxylic acids is 1. The highest BCUT2D eigenvalue weighted by Crippen LogP contribution is 2.09. The zero-order valence-corrected chi connectivity index (χ0v) is 12.5. The van der Waals surface area contributed by atoms with E-state index in [9.17, 15) is 4.79 Å². The summed E-state index contributed by atoms with van der Waals surface area (Å²) in [4.78, 5) is 18.0. The van der Waals surface area contributed by atoms with Crippen LogP contribution >= 0.6 is 0 Å². The monoisotopic (exact) mass is 283 g/mol. The molecule has 110 valence electrons. The molecule has 0 spiro atoms. The Hall–Kier alpha value is -2.20. The van der Waals surface area contributed by atoms with Gasteiger partial charge in [-0.25, -0.2) is 0 Å². The first-order valence-corrected chi connectivity index (χ1v) is 7.04. The predicted molar refractivity (Wildman–Crippen MR) is 83.6 cm³/mol. The summed E-state index contributed by atoms with van der Waals surface area (Å²) < 4.78 is 0. The Labute approximate surface area is 125 Å². The number of hydrogen-bond donors (Lipinski definition) is 1. The van der Waals surface area contributed by atoms with Crippen molar-refractivity contribution in [3.05, 3.63) is 65.5 Å². The molecule has 1 aromatic carbocycles. The van der Waals surface area contributed by atoms with Gasteiger partial charge in [0.05, 0.1) is 6.54 Å². The van der Waals surface area contributed by atoms with E-state index in [4.69, 9.17) is 0 Å². The number of benzene rings is 1. The lowest BCUT2D eigenvalue weighted by Crippen LogP contribution is -2.34. The summed E-state index contributed by atoms with van der Waals surface area (Å²) in [6, 6.07) is 12.1. The van der Waals surface area contributed by atoms with Gasteiger partial charge >= 0.3 is 0 Å². The lowest BCUT2D eigenvalue weighted by molar-refractivity contribution is -0.122. The molecule has 0 atom stereocenters. The van der Waals surface area contributed by atoms with Gasteiger partial charge in [-0.1, -0.05) is 30.3 Å². The van der Waals surface area contributed by atoms with Crippen molar-refractivity contribution in [2.75, 3.05) is 13.6 Å². The van der Waals surface area contributed by atoms with Crippen LogP contribution in [-0.4, -0.2) is 29.4 Å². The molecular weight excluding hydrogens is 262 g/mol. The maximum atomic E-state index is 11.9. The average Bonchev–Trinajstić information content (AvgIpc) is 2.48. The maximum Gasteiger partial charge on any atom is 0.234 e. The number of aromatic nitrogens is 1. The number of hydrogen-bond acceptors (Lipinski definition) is 3. The van der Waals surface area contributed by atoms with E-state index in [2.05, 4.69) is 29.4 Å². The fourth-order valence-corrected chi connectivity index (χ4v) is 2.14. The highest BCUT2D eigenvalue weighted by Gasteiger charge is 2.08. The second kappa shape index (κ2) is 7.55. The zero-order valence-electron chi connectivity index (χ0n) is 12.5. The van der Waals surface area contributed by atoms with Crippen LogP contribution in [0.5, 0.6) is 0 Å². The van der Waals surface area contributed by atoms with E-state index in [1.807, 2.05) is 36.2 Å². The summed E-state index contributed by atoms with van der Waals surface area (Å²) >= 11 is 0. The molecule has 1 N–H and O–H groups in total. The lowest BCUT2D eigenvalue weighted by Gasteiger charge is -2.17. The van der Waals surface area contributed by atoms with E-state index in [1.165, 1.54) is 11.1 Å². The molecule has 2 rings (SSSR count). The van der Waals surface area contributed by atoms with Gasteiger partial charge in [0.25, 0.3) is 0 Å². The van der Waals surface area contributed by atoms with Gasteiger partial charge in [-0.15, -0.1) is 0 Å². The number of nitrogens with one attached hydrogen (secondary N) is 1. The van der Waals surface area contributed by atoms with Crippen LogP contribution < -0.4 is 5.32 Å². The normalized spacial score (nSPS) is 10.6. The van der Waals surface area contributed by atoms with Crippen LogP contribution in [0.4, 0.5) is 0 Å². The second-order valence-corrected chi connectivity index (χ2v) is 5.24. The maximum absolute atomic E-state index is 11.9. The summed E-state index contributed by atoms with van der Waals surface area (Å²) in [6.45, 7) is 3.76. The Morgan fingerprint density at radius 2 is 2.05 bits per heavy atom. The largest absolute Gasteiger partial charge is 0.351 e. The molecule has 21 heavy (non-hydrogen) atoms. The van der Waals surface area contributed by atoms with E-state index in [0.29, 0.717) is 13.1 Å². The molecule has 4 nitrogen and oxygen atoms in total. The molecule has 0 saturated carbocycles. The third kappa shape index (κ3) is 5.00. The summed E-state index contributed by atoms with van der Waals surface area (Å²) in [6.07, 6.45) is 3.48. The van der Waals surface area contributed by atoms with Gasteiger partial charge < -0.3 is 5.32 Å². The van der Waals surface area contributed by atoms with Crippen molar-refractivity contribution in [2.24, 2.45) is 0 Å². The fraction of sp³-hybridized carbons (Fsp3) is 0.294. The molecule has 1 aromatic heterocycles. The van der Waals surface area contributed by atoms with Crippen molar-refractivity contribution in [2.45, 2.75) is 20.0 Å². The molecule has 0 aliphatic rings. The van der Waals surface area contributed by atoms with E-state index >= 15 is 0 Å². The van der Waals surface area contributed by atoms with Gasteiger partial charge in [-0.3, -0.25) is 14.7 Å². The molecule has 0 aliphatic carbocycles. The Kier molecular flexibility index (Phi) is 5.46. The number of pyridine rings is 1. The van der Waals surface area contributed by atoms with Crippen molar-refractivity contribution in [3.8, 4) is 0 Å². The SMILES string of the molecule is Cc1ccccc1CN(C)CC(=O)NCc1cccnc1. The van der Waals surface area contributed by atoms with Crippen molar-refractivity contribution < 1.29 is 4.79 Å². The predicted octanol–water partition coefficient (Wildman–Crippen LogP) is 2.14. The summed E-state index contributed by atoms with van der Waals surface area (Å²) in [5.74, 6) is 0.0231. The van der Waals surface area contributed by atoms with Crippen LogP contribution in [0.3, 0.4) is 0 Å². The summed E-state index contributed by atoms with van der Waals surface area (Å²) in [5.41, 5.74) is 3.51. The van der Waals surface area contributed by atoms with Crippen molar-refractivity contribution in [1.82, 2.24) is 15.2 Å². The molecule has 4 heteroatoms. The summed E-state index contributed by atoms with van der Waals surface area (Å²) in [7, 11) is 1.95. The Morgan fingerprint density at radius 1 is 1.24 bits per heavy atom. The van der Waals surface area contributed by atoms with Gasteiger partial charge in [-0.2, -0.15) is 0 Å². The quantitative estimate of drug-likeness (QED) is 0.883. The summed E-state index contributed by atoms with van der Waals surface area (Å²) in [5, 5.41) is 2.91. The number of carbonyl (C=O) groups is 1. The van der Waals surface area contributed by atoms with Gasteiger partial charge in [0.2, 0.25) is 5.91 Å². The van der Waals surface area contributed by atoms with Crippen LogP contribution in [0.15, 0.2) is 48.8 Å². The van der Waals surface area contributed by atoms with Crippen LogP contribution in [0.1, 0.15) is 16.7 Å². The molecule has 1 heterocycles. The van der Waals surface area contributed by atoms with E-state index in [-0.39, 0.29) is 5.91 Å². The number of rotatable bonds is 6. The van der Waals surface area contributed by atoms with Gasteiger partial charge in [0.1, 0.15) is 0 Å². The molecule has 2 aromatic rings. The first kappa shape index (κ1) is 15.2. The standard InChI is InChI=1S/C17H21N3O/c1-14-6-3-4-8-16(14)12-20(2)13-17(21)19-11-15-7-5-9-18-10-15/h3-10H,11-13H2,1-2H3,(H,19,21). The second-order valence-electron chi connectivity index (χ2n) is 5.24. The Morgan fingerprint density at radius 3 is 2.76 bits per heavy atom. The zero-order chi connectivity index (χ0) is 15.1. The minimum absolute atomic E-state index is 0.0231. The van der Waals surface area contributed by atoms with Crippen molar-refractivity contribution in [3.63, 3.8) is 0 Å². The number of amides is 1. The molecule has 0 unspecified atom stereocenters. The smallest absolute Gasteiger partial charge is 0.234 e. The van der Waals surface area contributed by atoms with Crippen molar-refractivity contribution >= 4 is 5.91 Å². The minimum Gasteiger partial charge on any atom is -0.351 e. The topological polar surface area (TPSA) is 45.2 Å². The highest BCUT2D eigenvalue weighted by molar-refractivity contribution is 5.77. The van der Waals surface area contributed by atoms with Crippen LogP contribution in [0, 0.1) is 6.92 Å². The Bertz CT molecular complexity index is 584. The van der Waals surface area contributed by atoms with E-state index in [0.717, 1.165) is 12.1 Å². The number of aryl methyl sites for hydroxylation is 1. The first-order chi connectivity index (χ1) is 10.1. The highest BCUT2D eigenvalue weighted by atomic mass is 16.2. The number of nitrogens with zero attached hydrogens (tertiary/aromatic N) is 2. The van der Waals surface area contributed by atoms with Crippen LogP contribution in [0.2, 0.25) is 0 Å². The van der Waals surface area contributed by atoms with Crippen molar-refractivity contribution in [1.29, 1.82) is 0 Å². The molecule has 0 fully saturated rings. The van der Waals surface area contributed by atoms with E-state index in [1.54, 1.807) is 12.4 Å². The molecular formula is C17H21N3O. The molecule has 0 aliphatic heterocycles. The van der Waals surface area contributed by atoms with E-state index < -0.39 is 0 Å². The minimum atomic E-state index is 0.0231. The molecule has 0 bridgehead atoms. The van der Waals surface area contributed by atoms with Gasteiger partial charge in [-0.05, 0) is 36.7 Å². The number of likely N-dealkylation sites (N-methyl/N-ethyl adjacent to an activating group) is 1. The van der Waals surface area contributed by atoms with Gasteiger partial charge in [0, 0.05) is 25.5 Å². The average molecular weight is 283 g/mol. The Balaban J connectivity index is 1.78. The fourth-order valence-electron chi connectivity index (χ4n) is 2.14. The molecule has 0 radical (unpaired) electrons. The van der Waals surface area contributed by atoms with Crippen LogP contribution in [-0.2, 0) is 17.9 Å². The van der Waals surface area contributed by atoms with Gasteiger partial charge in [0.15, 0.2) is 0 Å². The third-order valence-corrected chi connectivity index (χ3v) is 3.33. The van der Waals surface area contributed by atoms with Crippen LogP contribution in [0.25, 0.3) is 0 Å². The lowest BCUT2D eigenvalue weighted by atomic mass is 10.1. The first-order valence-electron chi connectivity index (χ1n) is 7.04.